The van der Waals surface area contributed by atoms with E-state index in [0.717, 1.165) is 38.8 Å². The highest BCUT2D eigenvalue weighted by atomic mass is 16.4. The van der Waals surface area contributed by atoms with Crippen molar-refractivity contribution in [3.8, 4) is 0 Å². The molecule has 0 aliphatic heterocycles. The zero-order valence-electron chi connectivity index (χ0n) is 16.2. The number of hydrogen-bond acceptors (Lipinski definition) is 3. The van der Waals surface area contributed by atoms with Crippen molar-refractivity contribution in [3.63, 3.8) is 0 Å². The first kappa shape index (κ1) is 20.9. The third-order valence-corrected chi connectivity index (χ3v) is 5.09. The highest BCUT2D eigenvalue weighted by Gasteiger charge is 2.35. The fourth-order valence-corrected chi connectivity index (χ4v) is 3.71. The van der Waals surface area contributed by atoms with Gasteiger partial charge in [0.1, 0.15) is 0 Å². The smallest absolute Gasteiger partial charge is 0.307 e. The zero-order chi connectivity index (χ0) is 19.8. The largest absolute Gasteiger partial charge is 0.481 e. The van der Waals surface area contributed by atoms with Gasteiger partial charge < -0.3 is 15.3 Å². The number of carboxylic acid groups (broad SMARTS) is 1. The van der Waals surface area contributed by atoms with Gasteiger partial charge in [0.2, 0.25) is 5.91 Å². The number of benzene rings is 1. The van der Waals surface area contributed by atoms with E-state index < -0.39 is 17.8 Å². The van der Waals surface area contributed by atoms with E-state index in [2.05, 4.69) is 5.32 Å². The van der Waals surface area contributed by atoms with Gasteiger partial charge >= 0.3 is 5.97 Å². The van der Waals surface area contributed by atoms with E-state index >= 15 is 0 Å². The van der Waals surface area contributed by atoms with E-state index in [1.807, 2.05) is 18.7 Å². The summed E-state index contributed by atoms with van der Waals surface area (Å²) in [7, 11) is 0. The molecular weight excluding hydrogens is 344 g/mol. The van der Waals surface area contributed by atoms with Crippen LogP contribution in [0.4, 0.5) is 5.69 Å². The summed E-state index contributed by atoms with van der Waals surface area (Å²) in [6, 6.07) is 6.84. The molecule has 0 spiro atoms. The van der Waals surface area contributed by atoms with Gasteiger partial charge in [-0.05, 0) is 49.9 Å². The molecule has 2 atom stereocenters. The molecule has 0 unspecified atom stereocenters. The average Bonchev–Trinajstić information content (AvgIpc) is 2.67. The highest BCUT2D eigenvalue weighted by Crippen LogP contribution is 2.31. The molecular formula is C21H30N2O4. The highest BCUT2D eigenvalue weighted by molar-refractivity contribution is 5.97. The fraction of sp³-hybridized carbons (Fsp3) is 0.571. The van der Waals surface area contributed by atoms with Crippen molar-refractivity contribution in [2.24, 2.45) is 11.8 Å². The summed E-state index contributed by atoms with van der Waals surface area (Å²) in [5.41, 5.74) is 1.18. The number of anilines is 1. The van der Waals surface area contributed by atoms with Crippen LogP contribution in [0, 0.1) is 11.8 Å². The van der Waals surface area contributed by atoms with Gasteiger partial charge in [-0.3, -0.25) is 14.4 Å². The van der Waals surface area contributed by atoms with Gasteiger partial charge in [0, 0.05) is 24.3 Å². The number of carboxylic acids is 1. The zero-order valence-corrected chi connectivity index (χ0v) is 16.2. The molecule has 148 valence electrons. The second-order valence-electron chi connectivity index (χ2n) is 7.19. The van der Waals surface area contributed by atoms with E-state index in [-0.39, 0.29) is 11.8 Å². The minimum atomic E-state index is -0.900. The molecule has 0 bridgehead atoms. The van der Waals surface area contributed by atoms with Crippen LogP contribution < -0.4 is 5.32 Å². The van der Waals surface area contributed by atoms with Gasteiger partial charge in [0.15, 0.2) is 0 Å². The molecule has 0 aromatic heterocycles. The third kappa shape index (κ3) is 5.55. The number of carbonyl (C=O) groups is 3. The molecule has 1 aromatic carbocycles. The molecule has 0 radical (unpaired) electrons. The Morgan fingerprint density at radius 3 is 2.07 bits per heavy atom. The quantitative estimate of drug-likeness (QED) is 0.725. The molecule has 6 nitrogen and oxygen atoms in total. The predicted octanol–water partition coefficient (Wildman–Crippen LogP) is 3.78. The second kappa shape index (κ2) is 10.1. The predicted molar refractivity (Wildman–Crippen MR) is 105 cm³/mol. The van der Waals surface area contributed by atoms with Gasteiger partial charge in [0.25, 0.3) is 5.91 Å². The summed E-state index contributed by atoms with van der Waals surface area (Å²) in [5.74, 6) is -2.27. The van der Waals surface area contributed by atoms with E-state index in [4.69, 9.17) is 0 Å². The molecule has 1 saturated carbocycles. The van der Waals surface area contributed by atoms with Gasteiger partial charge in [-0.15, -0.1) is 0 Å². The molecule has 1 aliphatic carbocycles. The van der Waals surface area contributed by atoms with Crippen LogP contribution in [0.15, 0.2) is 24.3 Å². The normalized spacial score (nSPS) is 19.3. The van der Waals surface area contributed by atoms with Crippen LogP contribution >= 0.6 is 0 Å². The lowest BCUT2D eigenvalue weighted by molar-refractivity contribution is -0.147. The molecule has 6 heteroatoms. The summed E-state index contributed by atoms with van der Waals surface area (Å²) in [6.07, 6.45) is 4.69. The van der Waals surface area contributed by atoms with E-state index in [1.165, 1.54) is 0 Å². The summed E-state index contributed by atoms with van der Waals surface area (Å²) in [6.45, 7) is 5.54. The molecule has 0 saturated heterocycles. The van der Waals surface area contributed by atoms with Crippen LogP contribution in [0.1, 0.15) is 62.7 Å². The van der Waals surface area contributed by atoms with Crippen molar-refractivity contribution >= 4 is 23.5 Å². The summed E-state index contributed by atoms with van der Waals surface area (Å²) in [5, 5.41) is 12.2. The minimum absolute atomic E-state index is 0.00482. The van der Waals surface area contributed by atoms with Crippen LogP contribution in [-0.2, 0) is 9.59 Å². The Kier molecular flexibility index (Phi) is 7.82. The maximum atomic E-state index is 12.6. The van der Waals surface area contributed by atoms with E-state index in [0.29, 0.717) is 24.1 Å². The Bertz CT molecular complexity index is 651. The Labute approximate surface area is 160 Å². The van der Waals surface area contributed by atoms with Crippen LogP contribution in [0.25, 0.3) is 0 Å². The fourth-order valence-electron chi connectivity index (χ4n) is 3.71. The standard InChI is InChI=1S/C21H30N2O4/c1-3-13-23(14-4-2)20(25)15-9-11-16(12-10-15)22-19(24)17-7-5-6-8-18(17)21(26)27/h9-12,17-18H,3-8,13-14H2,1-2H3,(H,22,24)(H,26,27)/t17-,18-/m1/s1. The first-order valence-electron chi connectivity index (χ1n) is 9.90. The summed E-state index contributed by atoms with van der Waals surface area (Å²) in [4.78, 5) is 38.4. The molecule has 0 heterocycles. The maximum Gasteiger partial charge on any atom is 0.307 e. The number of amides is 2. The maximum absolute atomic E-state index is 12.6. The molecule has 1 aliphatic rings. The molecule has 1 aromatic rings. The lowest BCUT2D eigenvalue weighted by Crippen LogP contribution is -2.36. The Hall–Kier alpha value is -2.37. The minimum Gasteiger partial charge on any atom is -0.481 e. The number of nitrogens with zero attached hydrogens (tertiary/aromatic N) is 1. The molecule has 1 fully saturated rings. The van der Waals surface area contributed by atoms with Crippen LogP contribution in [0.3, 0.4) is 0 Å². The van der Waals surface area contributed by atoms with Gasteiger partial charge in [-0.25, -0.2) is 0 Å². The van der Waals surface area contributed by atoms with Crippen molar-refractivity contribution in [1.29, 1.82) is 0 Å². The first-order valence-corrected chi connectivity index (χ1v) is 9.90. The number of carbonyl (C=O) groups excluding carboxylic acids is 2. The topological polar surface area (TPSA) is 86.7 Å². The summed E-state index contributed by atoms with van der Waals surface area (Å²) < 4.78 is 0. The molecule has 2 rings (SSSR count). The Morgan fingerprint density at radius 2 is 1.56 bits per heavy atom. The SMILES string of the molecule is CCCN(CCC)C(=O)c1ccc(NC(=O)[C@@H]2CCCC[C@H]2C(=O)O)cc1. The Morgan fingerprint density at radius 1 is 1.00 bits per heavy atom. The van der Waals surface area contributed by atoms with Gasteiger partial charge in [0.05, 0.1) is 11.8 Å². The lowest BCUT2D eigenvalue weighted by Gasteiger charge is -2.27. The summed E-state index contributed by atoms with van der Waals surface area (Å²) >= 11 is 0. The van der Waals surface area contributed by atoms with E-state index in [1.54, 1.807) is 24.3 Å². The Balaban J connectivity index is 2.03. The van der Waals surface area contributed by atoms with Crippen LogP contribution in [-0.4, -0.2) is 40.9 Å². The number of aliphatic carboxylic acids is 1. The van der Waals surface area contributed by atoms with Crippen LogP contribution in [0.2, 0.25) is 0 Å². The molecule has 2 N–H and O–H groups in total. The van der Waals surface area contributed by atoms with Crippen LogP contribution in [0.5, 0.6) is 0 Å². The van der Waals surface area contributed by atoms with Crippen molar-refractivity contribution in [3.05, 3.63) is 29.8 Å². The van der Waals surface area contributed by atoms with Crippen molar-refractivity contribution in [2.75, 3.05) is 18.4 Å². The van der Waals surface area contributed by atoms with Gasteiger partial charge in [-0.1, -0.05) is 26.7 Å². The third-order valence-electron chi connectivity index (χ3n) is 5.09. The van der Waals surface area contributed by atoms with E-state index in [9.17, 15) is 19.5 Å². The monoisotopic (exact) mass is 374 g/mol. The molecule has 27 heavy (non-hydrogen) atoms. The van der Waals surface area contributed by atoms with Crippen molar-refractivity contribution in [2.45, 2.75) is 52.4 Å². The van der Waals surface area contributed by atoms with Crippen molar-refractivity contribution < 1.29 is 19.5 Å². The lowest BCUT2D eigenvalue weighted by atomic mass is 9.78. The van der Waals surface area contributed by atoms with Crippen molar-refractivity contribution in [1.82, 2.24) is 4.90 Å². The first-order chi connectivity index (χ1) is 13.0. The number of nitrogens with one attached hydrogen (secondary N) is 1. The second-order valence-corrected chi connectivity index (χ2v) is 7.19. The molecule has 2 amide bonds. The average molecular weight is 374 g/mol. The number of rotatable bonds is 8. The van der Waals surface area contributed by atoms with Gasteiger partial charge in [-0.2, -0.15) is 0 Å². The number of hydrogen-bond donors (Lipinski definition) is 2.